The highest BCUT2D eigenvalue weighted by atomic mass is 19.3. The van der Waals surface area contributed by atoms with E-state index >= 15 is 0 Å². The van der Waals surface area contributed by atoms with Gasteiger partial charge in [-0.1, -0.05) is 17.3 Å². The van der Waals surface area contributed by atoms with Gasteiger partial charge in [0.25, 0.3) is 12.3 Å². The van der Waals surface area contributed by atoms with Crippen LogP contribution in [0.25, 0.3) is 11.5 Å². The lowest BCUT2D eigenvalue weighted by Gasteiger charge is -2.09. The fraction of sp³-hybridized carbons (Fsp3) is 0.200. The van der Waals surface area contributed by atoms with E-state index in [1.54, 1.807) is 35.8 Å². The normalized spacial score (nSPS) is 11.0. The maximum atomic E-state index is 12.8. The van der Waals surface area contributed by atoms with Crippen molar-refractivity contribution < 1.29 is 18.3 Å². The topological polar surface area (TPSA) is 113 Å². The van der Waals surface area contributed by atoms with Gasteiger partial charge in [0.1, 0.15) is 24.3 Å². The standard InChI is InChI=1S/C20H18F2N8O2/c1-12-16(30(28-25-12)14-5-3-13(4-6-14)19(21)22)10-32-18-8-7-17(26-27-18)29-9-15(24-11-29)20(31)23-2/h3-9,11,19H,10H2,1-2H3,(H,23,31). The van der Waals surface area contributed by atoms with Crippen molar-refractivity contribution in [3.8, 4) is 17.4 Å². The minimum Gasteiger partial charge on any atom is -0.470 e. The molecule has 0 aliphatic heterocycles. The number of amides is 1. The Labute approximate surface area is 180 Å². The van der Waals surface area contributed by atoms with Gasteiger partial charge in [0, 0.05) is 24.9 Å². The third kappa shape index (κ3) is 4.29. The lowest BCUT2D eigenvalue weighted by Crippen LogP contribution is -2.18. The molecule has 1 N–H and O–H groups in total. The first-order valence-corrected chi connectivity index (χ1v) is 9.49. The highest BCUT2D eigenvalue weighted by Crippen LogP contribution is 2.21. The molecule has 10 nitrogen and oxygen atoms in total. The summed E-state index contributed by atoms with van der Waals surface area (Å²) in [5, 5.41) is 18.7. The molecule has 4 rings (SSSR count). The smallest absolute Gasteiger partial charge is 0.271 e. The van der Waals surface area contributed by atoms with Gasteiger partial charge in [0.2, 0.25) is 5.88 Å². The van der Waals surface area contributed by atoms with Crippen LogP contribution in [0.3, 0.4) is 0 Å². The number of aromatic nitrogens is 7. The molecule has 1 aromatic carbocycles. The number of benzene rings is 1. The molecule has 3 aromatic heterocycles. The van der Waals surface area contributed by atoms with Crippen molar-refractivity contribution in [2.45, 2.75) is 20.0 Å². The average molecular weight is 440 g/mol. The van der Waals surface area contributed by atoms with E-state index < -0.39 is 6.43 Å². The third-order valence-corrected chi connectivity index (χ3v) is 4.64. The molecule has 1 amide bonds. The lowest BCUT2D eigenvalue weighted by molar-refractivity contribution is 0.0958. The predicted molar refractivity (Wildman–Crippen MR) is 108 cm³/mol. The quantitative estimate of drug-likeness (QED) is 0.470. The molecular formula is C20H18F2N8O2. The van der Waals surface area contributed by atoms with E-state index in [4.69, 9.17) is 4.74 Å². The predicted octanol–water partition coefficient (Wildman–Crippen LogP) is 2.43. The van der Waals surface area contributed by atoms with Crippen molar-refractivity contribution in [2.24, 2.45) is 0 Å². The number of aryl methyl sites for hydroxylation is 1. The zero-order valence-electron chi connectivity index (χ0n) is 17.1. The first-order chi connectivity index (χ1) is 15.5. The van der Waals surface area contributed by atoms with Crippen molar-refractivity contribution in [3.63, 3.8) is 0 Å². The number of halogens is 2. The Kier molecular flexibility index (Phi) is 5.83. The SMILES string of the molecule is CNC(=O)c1cn(-c2ccc(OCc3c(C)nnn3-c3ccc(C(F)F)cc3)nn2)cn1. The molecule has 164 valence electrons. The summed E-state index contributed by atoms with van der Waals surface area (Å²) in [7, 11) is 1.52. The summed E-state index contributed by atoms with van der Waals surface area (Å²) in [4.78, 5) is 15.6. The molecule has 3 heterocycles. The fourth-order valence-electron chi connectivity index (χ4n) is 2.87. The molecule has 0 radical (unpaired) electrons. The Morgan fingerprint density at radius 2 is 1.91 bits per heavy atom. The average Bonchev–Trinajstić information content (AvgIpc) is 3.45. The van der Waals surface area contributed by atoms with Gasteiger partial charge >= 0.3 is 0 Å². The van der Waals surface area contributed by atoms with Gasteiger partial charge in [-0.05, 0) is 25.1 Å². The van der Waals surface area contributed by atoms with Gasteiger partial charge in [-0.3, -0.25) is 9.36 Å². The molecule has 0 unspecified atom stereocenters. The Morgan fingerprint density at radius 3 is 2.56 bits per heavy atom. The number of alkyl halides is 2. The highest BCUT2D eigenvalue weighted by molar-refractivity contribution is 5.91. The van der Waals surface area contributed by atoms with Crippen LogP contribution in [0.4, 0.5) is 8.78 Å². The van der Waals surface area contributed by atoms with Crippen LogP contribution in [0.1, 0.15) is 33.9 Å². The summed E-state index contributed by atoms with van der Waals surface area (Å²) < 4.78 is 34.4. The number of carbonyl (C=O) groups is 1. The van der Waals surface area contributed by atoms with E-state index in [1.165, 1.54) is 36.4 Å². The lowest BCUT2D eigenvalue weighted by atomic mass is 10.2. The minimum absolute atomic E-state index is 0.0703. The van der Waals surface area contributed by atoms with Crippen LogP contribution < -0.4 is 10.1 Å². The summed E-state index contributed by atoms with van der Waals surface area (Å²) in [6, 6.07) is 9.08. The van der Waals surface area contributed by atoms with Crippen LogP contribution in [-0.4, -0.2) is 47.7 Å². The molecule has 0 saturated carbocycles. The number of hydrogen-bond donors (Lipinski definition) is 1. The molecule has 0 saturated heterocycles. The van der Waals surface area contributed by atoms with Gasteiger partial charge in [0.15, 0.2) is 5.82 Å². The molecular weight excluding hydrogens is 422 g/mol. The van der Waals surface area contributed by atoms with Crippen LogP contribution in [0.5, 0.6) is 5.88 Å². The minimum atomic E-state index is -2.54. The number of hydrogen-bond acceptors (Lipinski definition) is 7. The van der Waals surface area contributed by atoms with Crippen molar-refractivity contribution in [1.29, 1.82) is 0 Å². The van der Waals surface area contributed by atoms with Crippen LogP contribution >= 0.6 is 0 Å². The summed E-state index contributed by atoms with van der Waals surface area (Å²) in [5.74, 6) is 0.420. The van der Waals surface area contributed by atoms with E-state index in [-0.39, 0.29) is 29.7 Å². The molecule has 32 heavy (non-hydrogen) atoms. The Bertz CT molecular complexity index is 1220. The van der Waals surface area contributed by atoms with Gasteiger partial charge < -0.3 is 10.1 Å². The number of carbonyl (C=O) groups excluding carboxylic acids is 1. The maximum Gasteiger partial charge on any atom is 0.271 e. The second-order valence-corrected chi connectivity index (χ2v) is 6.69. The molecule has 0 atom stereocenters. The third-order valence-electron chi connectivity index (χ3n) is 4.64. The molecule has 4 aromatic rings. The van der Waals surface area contributed by atoms with Crippen LogP contribution in [0.15, 0.2) is 48.9 Å². The van der Waals surface area contributed by atoms with E-state index in [9.17, 15) is 13.6 Å². The summed E-state index contributed by atoms with van der Waals surface area (Å²) in [6.07, 6.45) is 0.460. The number of nitrogens with zero attached hydrogens (tertiary/aromatic N) is 7. The van der Waals surface area contributed by atoms with Gasteiger partial charge in [0.05, 0.1) is 11.4 Å². The largest absolute Gasteiger partial charge is 0.470 e. The first kappa shape index (κ1) is 21.0. The molecule has 0 fully saturated rings. The monoisotopic (exact) mass is 440 g/mol. The highest BCUT2D eigenvalue weighted by Gasteiger charge is 2.14. The first-order valence-electron chi connectivity index (χ1n) is 9.49. The van der Waals surface area contributed by atoms with Crippen molar-refractivity contribution in [2.75, 3.05) is 7.05 Å². The fourth-order valence-corrected chi connectivity index (χ4v) is 2.87. The van der Waals surface area contributed by atoms with Crippen LogP contribution in [0.2, 0.25) is 0 Å². The van der Waals surface area contributed by atoms with Crippen LogP contribution in [-0.2, 0) is 6.61 Å². The number of imidazole rings is 1. The Morgan fingerprint density at radius 1 is 1.12 bits per heavy atom. The summed E-state index contributed by atoms with van der Waals surface area (Å²) in [5.41, 5.74) is 2.05. The Balaban J connectivity index is 1.47. The molecule has 0 aliphatic carbocycles. The second kappa shape index (κ2) is 8.88. The van der Waals surface area contributed by atoms with E-state index in [2.05, 4.69) is 30.8 Å². The zero-order chi connectivity index (χ0) is 22.7. The van der Waals surface area contributed by atoms with Crippen molar-refractivity contribution in [1.82, 2.24) is 40.1 Å². The summed E-state index contributed by atoms with van der Waals surface area (Å²) >= 11 is 0. The van der Waals surface area contributed by atoms with E-state index in [0.29, 0.717) is 22.9 Å². The van der Waals surface area contributed by atoms with Crippen LogP contribution in [0, 0.1) is 6.92 Å². The Hall–Kier alpha value is -4.22. The molecule has 0 spiro atoms. The summed E-state index contributed by atoms with van der Waals surface area (Å²) in [6.45, 7) is 1.86. The molecule has 12 heteroatoms. The van der Waals surface area contributed by atoms with Gasteiger partial charge in [-0.25, -0.2) is 18.4 Å². The molecule has 0 aliphatic rings. The number of nitrogens with one attached hydrogen (secondary N) is 1. The maximum absolute atomic E-state index is 12.8. The number of ether oxygens (including phenoxy) is 1. The molecule has 0 bridgehead atoms. The second-order valence-electron chi connectivity index (χ2n) is 6.69. The van der Waals surface area contributed by atoms with Gasteiger partial charge in [-0.2, -0.15) is 0 Å². The zero-order valence-corrected chi connectivity index (χ0v) is 17.1. The van der Waals surface area contributed by atoms with E-state index in [1.807, 2.05) is 0 Å². The van der Waals surface area contributed by atoms with Crippen molar-refractivity contribution >= 4 is 5.91 Å². The van der Waals surface area contributed by atoms with E-state index in [0.717, 1.165) is 0 Å². The van der Waals surface area contributed by atoms with Crippen molar-refractivity contribution in [3.05, 3.63) is 71.6 Å². The van der Waals surface area contributed by atoms with Gasteiger partial charge in [-0.15, -0.1) is 15.3 Å². The number of rotatable bonds is 7.